The fourth-order valence-corrected chi connectivity index (χ4v) is 5.21. The Bertz CT molecular complexity index is 1090. The number of hydrogen-bond acceptors (Lipinski definition) is 6. The molecule has 0 aliphatic carbocycles. The minimum absolute atomic E-state index is 0.0518. The number of nitrogens with zero attached hydrogens (tertiary/aromatic N) is 1. The van der Waals surface area contributed by atoms with E-state index in [1.165, 1.54) is 11.0 Å². The molecule has 0 bridgehead atoms. The van der Waals surface area contributed by atoms with Crippen LogP contribution in [0.1, 0.15) is 17.5 Å². The second-order valence-electron chi connectivity index (χ2n) is 7.67. The zero-order valence-corrected chi connectivity index (χ0v) is 19.1. The Hall–Kier alpha value is -3.39. The number of carbonyl (C=O) groups excluding carboxylic acids is 2. The molecule has 1 heterocycles. The van der Waals surface area contributed by atoms with Gasteiger partial charge in [0.25, 0.3) is 5.91 Å². The van der Waals surface area contributed by atoms with Gasteiger partial charge in [0.1, 0.15) is 12.4 Å². The van der Waals surface area contributed by atoms with Crippen molar-refractivity contribution >= 4 is 27.8 Å². The molecule has 0 radical (unpaired) electrons. The summed E-state index contributed by atoms with van der Waals surface area (Å²) in [4.78, 5) is 26.5. The third-order valence-electron chi connectivity index (χ3n) is 5.16. The van der Waals surface area contributed by atoms with Gasteiger partial charge in [0, 0.05) is 18.7 Å². The second-order valence-corrected chi connectivity index (χ2v) is 9.90. The number of hydrogen-bond donors (Lipinski definition) is 0. The van der Waals surface area contributed by atoms with Crippen LogP contribution in [0.25, 0.3) is 6.08 Å². The second kappa shape index (κ2) is 11.5. The third-order valence-corrected chi connectivity index (χ3v) is 6.91. The number of ether oxygens (including phenoxy) is 2. The summed E-state index contributed by atoms with van der Waals surface area (Å²) in [7, 11) is -3.17. The lowest BCUT2D eigenvalue weighted by atomic mass is 10.1. The molecule has 33 heavy (non-hydrogen) atoms. The molecule has 8 heteroatoms. The van der Waals surface area contributed by atoms with Crippen molar-refractivity contribution in [1.82, 2.24) is 4.90 Å². The average Bonchev–Trinajstić information content (AvgIpc) is 3.18. The molecule has 1 amide bonds. The molecule has 0 aromatic heterocycles. The van der Waals surface area contributed by atoms with E-state index in [2.05, 4.69) is 6.58 Å². The summed E-state index contributed by atoms with van der Waals surface area (Å²) in [6, 6.07) is 16.0. The van der Waals surface area contributed by atoms with Crippen LogP contribution >= 0.6 is 0 Å². The SMILES string of the molecule is C=CCOc1ccc(C=CC(=O)OCC(=O)N(Cc2ccccc2)C2CCS(=O)(=O)C2)cc1. The normalized spacial score (nSPS) is 16.9. The van der Waals surface area contributed by atoms with Crippen LogP contribution in [-0.2, 0) is 30.7 Å². The zero-order valence-electron chi connectivity index (χ0n) is 18.3. The van der Waals surface area contributed by atoms with Crippen LogP contribution < -0.4 is 4.74 Å². The van der Waals surface area contributed by atoms with Crippen LogP contribution in [0.5, 0.6) is 5.75 Å². The molecule has 0 N–H and O–H groups in total. The Balaban J connectivity index is 1.57. The lowest BCUT2D eigenvalue weighted by Crippen LogP contribution is -2.42. The summed E-state index contributed by atoms with van der Waals surface area (Å²) in [6.07, 6.45) is 4.85. The quantitative estimate of drug-likeness (QED) is 0.302. The molecule has 1 saturated heterocycles. The molecule has 3 rings (SSSR count). The molecule has 1 aliphatic heterocycles. The van der Waals surface area contributed by atoms with E-state index in [1.54, 1.807) is 36.4 Å². The lowest BCUT2D eigenvalue weighted by Gasteiger charge is -2.28. The summed E-state index contributed by atoms with van der Waals surface area (Å²) >= 11 is 0. The summed E-state index contributed by atoms with van der Waals surface area (Å²) in [5.41, 5.74) is 1.65. The highest BCUT2D eigenvalue weighted by molar-refractivity contribution is 7.91. The third kappa shape index (κ3) is 7.61. The fourth-order valence-electron chi connectivity index (χ4n) is 3.48. The number of benzene rings is 2. The van der Waals surface area contributed by atoms with E-state index in [0.29, 0.717) is 18.8 Å². The lowest BCUT2D eigenvalue weighted by molar-refractivity contribution is -0.149. The van der Waals surface area contributed by atoms with E-state index >= 15 is 0 Å². The molecule has 1 unspecified atom stereocenters. The molecule has 7 nitrogen and oxygen atoms in total. The van der Waals surface area contributed by atoms with Gasteiger partial charge in [0.15, 0.2) is 16.4 Å². The van der Waals surface area contributed by atoms with E-state index in [4.69, 9.17) is 9.47 Å². The van der Waals surface area contributed by atoms with E-state index in [9.17, 15) is 18.0 Å². The van der Waals surface area contributed by atoms with E-state index in [0.717, 1.165) is 11.1 Å². The molecule has 0 spiro atoms. The molecular formula is C25H27NO6S. The molecular weight excluding hydrogens is 442 g/mol. The molecule has 2 aromatic carbocycles. The van der Waals surface area contributed by atoms with Crippen LogP contribution in [-0.4, -0.2) is 56.0 Å². The summed E-state index contributed by atoms with van der Waals surface area (Å²) in [5, 5.41) is 0. The maximum atomic E-state index is 12.9. The topological polar surface area (TPSA) is 90.0 Å². The van der Waals surface area contributed by atoms with Crippen LogP contribution in [0.3, 0.4) is 0 Å². The molecule has 1 fully saturated rings. The number of rotatable bonds is 10. The van der Waals surface area contributed by atoms with Crippen molar-refractivity contribution in [2.45, 2.75) is 19.0 Å². The van der Waals surface area contributed by atoms with Crippen molar-refractivity contribution in [2.75, 3.05) is 24.7 Å². The molecule has 0 saturated carbocycles. The molecule has 1 aliphatic rings. The van der Waals surface area contributed by atoms with Crippen molar-refractivity contribution in [3.63, 3.8) is 0 Å². The predicted octanol–water partition coefficient (Wildman–Crippen LogP) is 3.02. The Morgan fingerprint density at radius 3 is 2.45 bits per heavy atom. The Morgan fingerprint density at radius 2 is 1.82 bits per heavy atom. The first-order chi connectivity index (χ1) is 15.9. The van der Waals surface area contributed by atoms with Crippen LogP contribution in [0, 0.1) is 0 Å². The molecule has 1 atom stereocenters. The van der Waals surface area contributed by atoms with Crippen molar-refractivity contribution in [3.8, 4) is 5.75 Å². The number of amides is 1. The minimum Gasteiger partial charge on any atom is -0.490 e. The van der Waals surface area contributed by atoms with Crippen molar-refractivity contribution in [1.29, 1.82) is 0 Å². The van der Waals surface area contributed by atoms with Crippen LogP contribution in [0.4, 0.5) is 0 Å². The van der Waals surface area contributed by atoms with Crippen LogP contribution in [0.15, 0.2) is 73.3 Å². The largest absolute Gasteiger partial charge is 0.490 e. The molecule has 174 valence electrons. The average molecular weight is 470 g/mol. The van der Waals surface area contributed by atoms with Gasteiger partial charge in [-0.1, -0.05) is 55.1 Å². The van der Waals surface area contributed by atoms with E-state index in [1.807, 2.05) is 30.3 Å². The maximum absolute atomic E-state index is 12.9. The standard InChI is InChI=1S/C25H27NO6S/c1-2-15-31-23-11-8-20(9-12-23)10-13-25(28)32-18-24(27)26(17-21-6-4-3-5-7-21)22-14-16-33(29,30)19-22/h2-13,22H,1,14-19H2. The number of sulfone groups is 1. The maximum Gasteiger partial charge on any atom is 0.331 e. The van der Waals surface area contributed by atoms with E-state index in [-0.39, 0.29) is 18.1 Å². The monoisotopic (exact) mass is 469 g/mol. The highest BCUT2D eigenvalue weighted by atomic mass is 32.2. The summed E-state index contributed by atoms with van der Waals surface area (Å²) in [5.74, 6) is -0.421. The molecule has 2 aromatic rings. The first-order valence-electron chi connectivity index (χ1n) is 10.6. The van der Waals surface area contributed by atoms with Crippen LogP contribution in [0.2, 0.25) is 0 Å². The van der Waals surface area contributed by atoms with Gasteiger partial charge >= 0.3 is 5.97 Å². The van der Waals surface area contributed by atoms with E-state index < -0.39 is 34.4 Å². The van der Waals surface area contributed by atoms with Gasteiger partial charge in [-0.15, -0.1) is 0 Å². The zero-order chi connectivity index (χ0) is 23.7. The number of carbonyl (C=O) groups is 2. The Morgan fingerprint density at radius 1 is 1.09 bits per heavy atom. The van der Waals surface area contributed by atoms with Crippen molar-refractivity contribution < 1.29 is 27.5 Å². The Kier molecular flexibility index (Phi) is 8.43. The Labute approximate surface area is 194 Å². The highest BCUT2D eigenvalue weighted by Gasteiger charge is 2.34. The van der Waals surface area contributed by atoms with Gasteiger partial charge in [-0.25, -0.2) is 13.2 Å². The predicted molar refractivity (Wildman–Crippen MR) is 126 cm³/mol. The van der Waals surface area contributed by atoms with Gasteiger partial charge < -0.3 is 14.4 Å². The smallest absolute Gasteiger partial charge is 0.331 e. The minimum atomic E-state index is -3.17. The number of esters is 1. The van der Waals surface area contributed by atoms with Gasteiger partial charge in [0.2, 0.25) is 0 Å². The van der Waals surface area contributed by atoms with Gasteiger partial charge in [-0.2, -0.15) is 0 Å². The van der Waals surface area contributed by atoms with Gasteiger partial charge in [-0.3, -0.25) is 4.79 Å². The van der Waals surface area contributed by atoms with Crippen molar-refractivity contribution in [3.05, 3.63) is 84.5 Å². The first-order valence-corrected chi connectivity index (χ1v) is 12.4. The summed E-state index contributed by atoms with van der Waals surface area (Å²) in [6.45, 7) is 3.80. The highest BCUT2D eigenvalue weighted by Crippen LogP contribution is 2.20. The van der Waals surface area contributed by atoms with Gasteiger partial charge in [0.05, 0.1) is 11.5 Å². The van der Waals surface area contributed by atoms with Gasteiger partial charge in [-0.05, 0) is 35.8 Å². The fraction of sp³-hybridized carbons (Fsp3) is 0.280. The first kappa shape index (κ1) is 24.3. The summed E-state index contributed by atoms with van der Waals surface area (Å²) < 4.78 is 34.4. The van der Waals surface area contributed by atoms with Crippen molar-refractivity contribution in [2.24, 2.45) is 0 Å².